The molecular formula is C8H10ClN3O3. The Morgan fingerprint density at radius 1 is 1.40 bits per heavy atom. The van der Waals surface area contributed by atoms with Gasteiger partial charge in [0, 0.05) is 0 Å². The lowest BCUT2D eigenvalue weighted by atomic mass is 10.3. The van der Waals surface area contributed by atoms with Crippen LogP contribution in [0.2, 0.25) is 5.15 Å². The van der Waals surface area contributed by atoms with E-state index in [1.165, 1.54) is 12.1 Å². The van der Waals surface area contributed by atoms with Crippen LogP contribution in [0.3, 0.4) is 0 Å². The lowest BCUT2D eigenvalue weighted by molar-refractivity contribution is 0.0873. The van der Waals surface area contributed by atoms with Crippen molar-refractivity contribution in [1.29, 1.82) is 0 Å². The first kappa shape index (κ1) is 11.8. The van der Waals surface area contributed by atoms with E-state index in [4.69, 9.17) is 21.8 Å². The number of hydrogen-bond donors (Lipinski definition) is 3. The van der Waals surface area contributed by atoms with Gasteiger partial charge in [0.15, 0.2) is 10.8 Å². The smallest absolute Gasteiger partial charge is 0.272 e. The van der Waals surface area contributed by atoms with Gasteiger partial charge in [0.25, 0.3) is 5.91 Å². The van der Waals surface area contributed by atoms with Crippen molar-refractivity contribution in [2.45, 2.75) is 6.04 Å². The molecule has 7 heteroatoms. The average Bonchev–Trinajstić information content (AvgIpc) is 2.26. The maximum absolute atomic E-state index is 11.4. The highest BCUT2D eigenvalue weighted by Crippen LogP contribution is 2.02. The van der Waals surface area contributed by atoms with Crippen LogP contribution >= 0.6 is 11.6 Å². The Bertz CT molecular complexity index is 326. The second-order valence-corrected chi connectivity index (χ2v) is 3.16. The second kappa shape index (κ2) is 5.59. The molecule has 1 aromatic rings. The monoisotopic (exact) mass is 231 g/mol. The molecule has 0 saturated heterocycles. The first-order chi connectivity index (χ1) is 7.17. The van der Waals surface area contributed by atoms with Crippen molar-refractivity contribution >= 4 is 17.5 Å². The summed E-state index contributed by atoms with van der Waals surface area (Å²) in [5, 5.41) is 27.1. The minimum absolute atomic E-state index is 0.0753. The number of aliphatic hydroxyl groups excluding tert-OH is 2. The summed E-state index contributed by atoms with van der Waals surface area (Å²) in [4.78, 5) is 11.4. The fraction of sp³-hybridized carbons (Fsp3) is 0.375. The van der Waals surface area contributed by atoms with Crippen LogP contribution in [-0.4, -0.2) is 45.6 Å². The van der Waals surface area contributed by atoms with E-state index < -0.39 is 11.9 Å². The molecule has 0 saturated carbocycles. The summed E-state index contributed by atoms with van der Waals surface area (Å²) >= 11 is 5.49. The Balaban J connectivity index is 2.64. The molecule has 1 aromatic heterocycles. The van der Waals surface area contributed by atoms with Crippen LogP contribution < -0.4 is 5.32 Å². The van der Waals surface area contributed by atoms with Gasteiger partial charge in [0.2, 0.25) is 0 Å². The van der Waals surface area contributed by atoms with Crippen LogP contribution in [0.25, 0.3) is 0 Å². The summed E-state index contributed by atoms with van der Waals surface area (Å²) in [7, 11) is 0. The van der Waals surface area contributed by atoms with Gasteiger partial charge in [0.05, 0.1) is 19.3 Å². The summed E-state index contributed by atoms with van der Waals surface area (Å²) in [5.41, 5.74) is 0.0753. The highest BCUT2D eigenvalue weighted by molar-refractivity contribution is 6.29. The van der Waals surface area contributed by atoms with Gasteiger partial charge in [-0.05, 0) is 12.1 Å². The van der Waals surface area contributed by atoms with Gasteiger partial charge in [0.1, 0.15) is 0 Å². The first-order valence-corrected chi connectivity index (χ1v) is 4.57. The zero-order chi connectivity index (χ0) is 11.3. The molecule has 0 unspecified atom stereocenters. The number of carbonyl (C=O) groups is 1. The molecule has 0 bridgehead atoms. The Morgan fingerprint density at radius 2 is 2.07 bits per heavy atom. The highest BCUT2D eigenvalue weighted by Gasteiger charge is 2.13. The van der Waals surface area contributed by atoms with E-state index in [0.717, 1.165) is 0 Å². The van der Waals surface area contributed by atoms with Crippen LogP contribution in [0.5, 0.6) is 0 Å². The van der Waals surface area contributed by atoms with E-state index in [1.54, 1.807) is 0 Å². The maximum Gasteiger partial charge on any atom is 0.272 e. The van der Waals surface area contributed by atoms with Crippen molar-refractivity contribution in [1.82, 2.24) is 15.5 Å². The number of nitrogens with zero attached hydrogens (tertiary/aromatic N) is 2. The molecule has 0 fully saturated rings. The minimum atomic E-state index is -0.699. The molecule has 0 aliphatic rings. The van der Waals surface area contributed by atoms with Crippen LogP contribution in [-0.2, 0) is 0 Å². The molecule has 0 aliphatic heterocycles. The summed E-state index contributed by atoms with van der Waals surface area (Å²) in [6.07, 6.45) is 0. The predicted octanol–water partition coefficient (Wildman–Crippen LogP) is -0.787. The highest BCUT2D eigenvalue weighted by atomic mass is 35.5. The largest absolute Gasteiger partial charge is 0.394 e. The molecule has 3 N–H and O–H groups in total. The van der Waals surface area contributed by atoms with Gasteiger partial charge in [-0.25, -0.2) is 0 Å². The number of halogens is 1. The molecule has 0 aliphatic carbocycles. The van der Waals surface area contributed by atoms with Crippen molar-refractivity contribution in [2.75, 3.05) is 13.2 Å². The molecule has 15 heavy (non-hydrogen) atoms. The summed E-state index contributed by atoms with van der Waals surface area (Å²) in [5.74, 6) is -0.521. The van der Waals surface area contributed by atoms with Gasteiger partial charge >= 0.3 is 0 Å². The number of hydrogen-bond acceptors (Lipinski definition) is 5. The summed E-state index contributed by atoms with van der Waals surface area (Å²) in [6, 6.07) is 2.13. The zero-order valence-corrected chi connectivity index (χ0v) is 8.48. The fourth-order valence-corrected chi connectivity index (χ4v) is 0.946. The zero-order valence-electron chi connectivity index (χ0n) is 7.72. The van der Waals surface area contributed by atoms with Crippen LogP contribution in [0, 0.1) is 0 Å². The Hall–Kier alpha value is -1.24. The quantitative estimate of drug-likeness (QED) is 0.632. The lowest BCUT2D eigenvalue weighted by Crippen LogP contribution is -2.40. The van der Waals surface area contributed by atoms with Crippen molar-refractivity contribution < 1.29 is 15.0 Å². The lowest BCUT2D eigenvalue weighted by Gasteiger charge is -2.12. The van der Waals surface area contributed by atoms with E-state index in [9.17, 15) is 4.79 Å². The fourth-order valence-electron chi connectivity index (χ4n) is 0.845. The van der Waals surface area contributed by atoms with Gasteiger partial charge < -0.3 is 15.5 Å². The molecule has 0 aromatic carbocycles. The Kier molecular flexibility index (Phi) is 4.41. The van der Waals surface area contributed by atoms with E-state index in [2.05, 4.69) is 15.5 Å². The topological polar surface area (TPSA) is 95.3 Å². The molecule has 0 atom stereocenters. The summed E-state index contributed by atoms with van der Waals surface area (Å²) < 4.78 is 0. The molecule has 0 spiro atoms. The van der Waals surface area contributed by atoms with Crippen LogP contribution in [0.4, 0.5) is 0 Å². The molecular weight excluding hydrogens is 222 g/mol. The van der Waals surface area contributed by atoms with Gasteiger partial charge in [-0.15, -0.1) is 10.2 Å². The van der Waals surface area contributed by atoms with E-state index in [0.29, 0.717) is 0 Å². The maximum atomic E-state index is 11.4. The third kappa shape index (κ3) is 3.43. The van der Waals surface area contributed by atoms with Crippen molar-refractivity contribution in [3.8, 4) is 0 Å². The molecule has 0 radical (unpaired) electrons. The Morgan fingerprint density at radius 3 is 2.53 bits per heavy atom. The van der Waals surface area contributed by atoms with Crippen LogP contribution in [0.1, 0.15) is 10.5 Å². The Labute approximate surface area is 90.9 Å². The minimum Gasteiger partial charge on any atom is -0.394 e. The SMILES string of the molecule is O=C(NC(CO)CO)c1ccc(Cl)nn1. The standard InChI is InChI=1S/C8H10ClN3O3/c9-7-2-1-6(11-12-7)8(15)10-5(3-13)4-14/h1-2,5,13-14H,3-4H2,(H,10,15). The molecule has 6 nitrogen and oxygen atoms in total. The van der Waals surface area contributed by atoms with Crippen molar-refractivity contribution in [3.05, 3.63) is 23.0 Å². The van der Waals surface area contributed by atoms with E-state index >= 15 is 0 Å². The third-order valence-electron chi connectivity index (χ3n) is 1.64. The molecule has 1 heterocycles. The van der Waals surface area contributed by atoms with E-state index in [-0.39, 0.29) is 24.1 Å². The third-order valence-corrected chi connectivity index (χ3v) is 1.84. The molecule has 82 valence electrons. The van der Waals surface area contributed by atoms with Gasteiger partial charge in [-0.3, -0.25) is 4.79 Å². The van der Waals surface area contributed by atoms with Gasteiger partial charge in [-0.2, -0.15) is 0 Å². The number of amides is 1. The number of nitrogens with one attached hydrogen (secondary N) is 1. The predicted molar refractivity (Wildman–Crippen MR) is 52.5 cm³/mol. The number of rotatable bonds is 4. The number of aromatic nitrogens is 2. The van der Waals surface area contributed by atoms with Gasteiger partial charge in [-0.1, -0.05) is 11.6 Å². The van der Waals surface area contributed by atoms with Crippen molar-refractivity contribution in [3.63, 3.8) is 0 Å². The second-order valence-electron chi connectivity index (χ2n) is 2.78. The van der Waals surface area contributed by atoms with Crippen molar-refractivity contribution in [2.24, 2.45) is 0 Å². The molecule has 1 amide bonds. The first-order valence-electron chi connectivity index (χ1n) is 4.19. The normalized spacial score (nSPS) is 10.4. The van der Waals surface area contributed by atoms with Crippen LogP contribution in [0.15, 0.2) is 12.1 Å². The van der Waals surface area contributed by atoms with E-state index in [1.807, 2.05) is 0 Å². The number of aliphatic hydroxyl groups is 2. The average molecular weight is 232 g/mol. The summed E-state index contributed by atoms with van der Waals surface area (Å²) in [6.45, 7) is -0.688. The number of carbonyl (C=O) groups excluding carboxylic acids is 1. The molecule has 1 rings (SSSR count).